The molecule has 0 amide bonds. The zero-order valence-electron chi connectivity index (χ0n) is 19.9. The molecule has 0 aliphatic heterocycles. The van der Waals surface area contributed by atoms with Gasteiger partial charge in [-0.15, -0.1) is 11.3 Å². The van der Waals surface area contributed by atoms with Gasteiger partial charge in [-0.05, 0) is 49.2 Å². The normalized spacial score (nSPS) is 11.1. The fourth-order valence-corrected chi connectivity index (χ4v) is 6.19. The van der Waals surface area contributed by atoms with Crippen LogP contribution in [-0.4, -0.2) is 22.1 Å². The first-order chi connectivity index (χ1) is 17.6. The van der Waals surface area contributed by atoms with E-state index in [9.17, 15) is 9.59 Å². The molecule has 0 saturated heterocycles. The molecule has 180 valence electrons. The number of rotatable bonds is 7. The van der Waals surface area contributed by atoms with Gasteiger partial charge in [-0.1, -0.05) is 72.4 Å². The van der Waals surface area contributed by atoms with Crippen molar-refractivity contribution in [2.45, 2.75) is 24.8 Å². The van der Waals surface area contributed by atoms with Crippen molar-refractivity contribution in [1.29, 1.82) is 0 Å². The second-order valence-electron chi connectivity index (χ2n) is 8.16. The minimum absolute atomic E-state index is 0.0859. The Morgan fingerprint density at radius 1 is 1.00 bits per heavy atom. The van der Waals surface area contributed by atoms with Gasteiger partial charge in [0.2, 0.25) is 0 Å². The maximum atomic E-state index is 14.0. The van der Waals surface area contributed by atoms with E-state index in [2.05, 4.69) is 0 Å². The predicted octanol–water partition coefficient (Wildman–Crippen LogP) is 6.89. The number of fused-ring (bicyclic) bond motifs is 1. The molecule has 3 aromatic carbocycles. The summed E-state index contributed by atoms with van der Waals surface area (Å²) < 4.78 is 6.83. The Kier molecular flexibility index (Phi) is 7.02. The summed E-state index contributed by atoms with van der Waals surface area (Å²) in [6.45, 7) is 4.16. The number of hydrogen-bond acceptors (Lipinski definition) is 6. The van der Waals surface area contributed by atoms with Gasteiger partial charge in [-0.25, -0.2) is 9.78 Å². The van der Waals surface area contributed by atoms with Gasteiger partial charge >= 0.3 is 5.97 Å². The number of benzene rings is 3. The molecule has 36 heavy (non-hydrogen) atoms. The summed E-state index contributed by atoms with van der Waals surface area (Å²) >= 11 is 3.02. The van der Waals surface area contributed by atoms with E-state index in [0.29, 0.717) is 28.5 Å². The molecule has 0 N–H and O–H groups in total. The number of thiophene rings is 1. The van der Waals surface area contributed by atoms with Crippen molar-refractivity contribution in [2.24, 2.45) is 0 Å². The summed E-state index contributed by atoms with van der Waals surface area (Å²) in [4.78, 5) is 33.0. The molecule has 0 bridgehead atoms. The summed E-state index contributed by atoms with van der Waals surface area (Å²) in [5.74, 6) is 0.209. The number of ether oxygens (including phenoxy) is 1. The second kappa shape index (κ2) is 10.5. The Morgan fingerprint density at radius 2 is 1.72 bits per heavy atom. The maximum Gasteiger partial charge on any atom is 0.338 e. The van der Waals surface area contributed by atoms with Crippen molar-refractivity contribution in [3.8, 4) is 16.8 Å². The van der Waals surface area contributed by atoms with Crippen LogP contribution in [-0.2, 0) is 10.5 Å². The van der Waals surface area contributed by atoms with Gasteiger partial charge < -0.3 is 4.74 Å². The molecule has 0 saturated carbocycles. The molecule has 0 aliphatic rings. The largest absolute Gasteiger partial charge is 0.462 e. The highest BCUT2D eigenvalue weighted by Gasteiger charge is 2.21. The minimum atomic E-state index is -0.340. The molecule has 5 aromatic rings. The number of thioether (sulfide) groups is 1. The van der Waals surface area contributed by atoms with Crippen LogP contribution in [0.25, 0.3) is 27.0 Å². The van der Waals surface area contributed by atoms with Crippen molar-refractivity contribution < 1.29 is 9.53 Å². The SMILES string of the molecule is CCOC(=O)c1cccc(CSc2nc3sc(C)c(-c4ccccc4)c3c(=O)n2-c2ccccc2)c1. The summed E-state index contributed by atoms with van der Waals surface area (Å²) in [5.41, 5.74) is 4.10. The van der Waals surface area contributed by atoms with E-state index in [4.69, 9.17) is 9.72 Å². The zero-order chi connectivity index (χ0) is 25.1. The molecule has 7 heteroatoms. The van der Waals surface area contributed by atoms with Crippen LogP contribution in [0.15, 0.2) is 94.9 Å². The Hall–Kier alpha value is -3.68. The Labute approximate surface area is 217 Å². The average molecular weight is 513 g/mol. The van der Waals surface area contributed by atoms with Gasteiger partial charge in [0.15, 0.2) is 5.16 Å². The molecular formula is C29H24N2O3S2. The smallest absolute Gasteiger partial charge is 0.338 e. The number of carbonyl (C=O) groups excluding carboxylic acids is 1. The summed E-state index contributed by atoms with van der Waals surface area (Å²) in [5, 5.41) is 1.25. The molecule has 0 radical (unpaired) electrons. The number of para-hydroxylation sites is 1. The van der Waals surface area contributed by atoms with Crippen LogP contribution in [0, 0.1) is 6.92 Å². The van der Waals surface area contributed by atoms with Gasteiger partial charge in [-0.2, -0.15) is 0 Å². The Morgan fingerprint density at radius 3 is 2.44 bits per heavy atom. The van der Waals surface area contributed by atoms with Crippen molar-refractivity contribution in [3.63, 3.8) is 0 Å². The van der Waals surface area contributed by atoms with Gasteiger partial charge in [0.1, 0.15) is 4.83 Å². The van der Waals surface area contributed by atoms with Gasteiger partial charge in [0.05, 0.1) is 23.2 Å². The number of carbonyl (C=O) groups is 1. The van der Waals surface area contributed by atoms with E-state index in [0.717, 1.165) is 32.1 Å². The molecule has 2 heterocycles. The Balaban J connectivity index is 1.61. The third-order valence-electron chi connectivity index (χ3n) is 5.75. The highest BCUT2D eigenvalue weighted by atomic mass is 32.2. The molecule has 5 nitrogen and oxygen atoms in total. The van der Waals surface area contributed by atoms with E-state index in [1.807, 2.05) is 85.8 Å². The first kappa shape index (κ1) is 24.0. The third-order valence-corrected chi connectivity index (χ3v) is 7.76. The van der Waals surface area contributed by atoms with Crippen molar-refractivity contribution in [2.75, 3.05) is 6.61 Å². The zero-order valence-corrected chi connectivity index (χ0v) is 21.6. The Bertz CT molecular complexity index is 1590. The molecular weight excluding hydrogens is 488 g/mol. The van der Waals surface area contributed by atoms with E-state index in [1.54, 1.807) is 28.9 Å². The molecule has 5 rings (SSSR count). The molecule has 0 aliphatic carbocycles. The van der Waals surface area contributed by atoms with Crippen LogP contribution in [0.1, 0.15) is 27.7 Å². The van der Waals surface area contributed by atoms with Crippen LogP contribution in [0.2, 0.25) is 0 Å². The first-order valence-corrected chi connectivity index (χ1v) is 13.4. The lowest BCUT2D eigenvalue weighted by Gasteiger charge is -2.13. The number of esters is 1. The van der Waals surface area contributed by atoms with Crippen LogP contribution in [0.3, 0.4) is 0 Å². The number of aromatic nitrogens is 2. The lowest BCUT2D eigenvalue weighted by molar-refractivity contribution is 0.0526. The topological polar surface area (TPSA) is 61.2 Å². The van der Waals surface area contributed by atoms with Crippen molar-refractivity contribution in [3.05, 3.63) is 111 Å². The summed E-state index contributed by atoms with van der Waals surface area (Å²) in [7, 11) is 0. The van der Waals surface area contributed by atoms with Crippen LogP contribution < -0.4 is 5.56 Å². The van der Waals surface area contributed by atoms with E-state index in [1.165, 1.54) is 11.8 Å². The fraction of sp³-hybridized carbons (Fsp3) is 0.138. The van der Waals surface area contributed by atoms with Gasteiger partial charge in [-0.3, -0.25) is 9.36 Å². The maximum absolute atomic E-state index is 14.0. The monoisotopic (exact) mass is 512 g/mol. The standard InChI is InChI=1S/C29H24N2O3S2/c1-3-34-28(33)22-14-10-11-20(17-22)18-35-29-30-26-25(27(32)31(29)23-15-8-5-9-16-23)24(19(2)36-26)21-12-6-4-7-13-21/h4-17H,3,18H2,1-2H3. The van der Waals surface area contributed by atoms with Gasteiger partial charge in [0, 0.05) is 16.2 Å². The highest BCUT2D eigenvalue weighted by molar-refractivity contribution is 7.98. The van der Waals surface area contributed by atoms with E-state index < -0.39 is 0 Å². The van der Waals surface area contributed by atoms with Crippen LogP contribution >= 0.6 is 23.1 Å². The van der Waals surface area contributed by atoms with Crippen molar-refractivity contribution >= 4 is 39.3 Å². The minimum Gasteiger partial charge on any atom is -0.462 e. The van der Waals surface area contributed by atoms with Crippen LogP contribution in [0.4, 0.5) is 0 Å². The van der Waals surface area contributed by atoms with E-state index in [-0.39, 0.29) is 11.5 Å². The van der Waals surface area contributed by atoms with Crippen LogP contribution in [0.5, 0.6) is 0 Å². The number of aryl methyl sites for hydroxylation is 1. The summed E-state index contributed by atoms with van der Waals surface area (Å²) in [6, 6.07) is 27.0. The molecule has 0 unspecified atom stereocenters. The molecule has 0 fully saturated rings. The molecule has 0 atom stereocenters. The van der Waals surface area contributed by atoms with E-state index >= 15 is 0 Å². The van der Waals surface area contributed by atoms with Gasteiger partial charge in [0.25, 0.3) is 5.56 Å². The summed E-state index contributed by atoms with van der Waals surface area (Å²) in [6.07, 6.45) is 0. The fourth-order valence-electron chi connectivity index (χ4n) is 4.15. The lowest BCUT2D eigenvalue weighted by atomic mass is 10.0. The average Bonchev–Trinajstić information content (AvgIpc) is 3.25. The quantitative estimate of drug-likeness (QED) is 0.135. The number of hydrogen-bond donors (Lipinski definition) is 0. The van der Waals surface area contributed by atoms with Crippen molar-refractivity contribution in [1.82, 2.24) is 9.55 Å². The molecule has 2 aromatic heterocycles. The highest BCUT2D eigenvalue weighted by Crippen LogP contribution is 2.37. The second-order valence-corrected chi connectivity index (χ2v) is 10.3. The molecule has 0 spiro atoms. The first-order valence-electron chi connectivity index (χ1n) is 11.6. The number of nitrogens with zero attached hydrogens (tertiary/aromatic N) is 2. The lowest BCUT2D eigenvalue weighted by Crippen LogP contribution is -2.21. The third kappa shape index (κ3) is 4.72. The predicted molar refractivity (Wildman–Crippen MR) is 147 cm³/mol.